The fraction of sp³-hybridized carbons (Fsp3) is 0.538. The summed E-state index contributed by atoms with van der Waals surface area (Å²) in [5, 5.41) is 4.34. The molecular formula is C13H16ClNO. The number of para-hydroxylation sites is 1. The molecule has 0 bridgehead atoms. The Kier molecular flexibility index (Phi) is 2.78. The maximum atomic E-state index is 6.17. The third-order valence-electron chi connectivity index (χ3n) is 3.66. The van der Waals surface area contributed by atoms with E-state index in [1.165, 1.54) is 18.4 Å². The molecule has 0 radical (unpaired) electrons. The van der Waals surface area contributed by atoms with Crippen LogP contribution in [0.3, 0.4) is 0 Å². The zero-order valence-corrected chi connectivity index (χ0v) is 9.96. The van der Waals surface area contributed by atoms with Gasteiger partial charge in [-0.15, -0.1) is 0 Å². The Hall–Kier alpha value is -0.730. The van der Waals surface area contributed by atoms with E-state index in [1.807, 2.05) is 12.1 Å². The third-order valence-corrected chi connectivity index (χ3v) is 3.95. The summed E-state index contributed by atoms with van der Waals surface area (Å²) in [4.78, 5) is 0. The van der Waals surface area contributed by atoms with E-state index in [9.17, 15) is 0 Å². The van der Waals surface area contributed by atoms with Crippen LogP contribution in [-0.4, -0.2) is 19.2 Å². The monoisotopic (exact) mass is 237 g/mol. The molecule has 1 saturated heterocycles. The second-order valence-corrected chi connectivity index (χ2v) is 5.01. The Morgan fingerprint density at radius 2 is 2.25 bits per heavy atom. The Bertz CT molecular complexity index is 388. The van der Waals surface area contributed by atoms with Gasteiger partial charge in [-0.25, -0.2) is 0 Å². The summed E-state index contributed by atoms with van der Waals surface area (Å²) in [6, 6.07) is 6.70. The zero-order valence-electron chi connectivity index (χ0n) is 9.21. The van der Waals surface area contributed by atoms with E-state index in [-0.39, 0.29) is 0 Å². The standard InChI is InChI=1S/C13H16ClNO/c14-11-4-1-3-10-9(6-8-16-13(10)11)12-5-2-7-15-12/h1,3-4,9,12,15H,2,5-8H2. The summed E-state index contributed by atoms with van der Waals surface area (Å²) >= 11 is 6.17. The van der Waals surface area contributed by atoms with Gasteiger partial charge in [-0.3, -0.25) is 0 Å². The highest BCUT2D eigenvalue weighted by Gasteiger charge is 2.31. The van der Waals surface area contributed by atoms with Crippen LogP contribution in [-0.2, 0) is 0 Å². The van der Waals surface area contributed by atoms with E-state index in [0.717, 1.165) is 30.3 Å². The zero-order chi connectivity index (χ0) is 11.0. The second kappa shape index (κ2) is 4.27. The van der Waals surface area contributed by atoms with Crippen molar-refractivity contribution in [3.63, 3.8) is 0 Å². The highest BCUT2D eigenvalue weighted by atomic mass is 35.5. The molecule has 1 aromatic rings. The molecule has 0 saturated carbocycles. The fourth-order valence-electron chi connectivity index (χ4n) is 2.89. The molecule has 0 spiro atoms. The SMILES string of the molecule is Clc1cccc2c1OCCC2C1CCCN1. The molecule has 1 fully saturated rings. The van der Waals surface area contributed by atoms with E-state index in [0.29, 0.717) is 12.0 Å². The van der Waals surface area contributed by atoms with Gasteiger partial charge in [0, 0.05) is 17.5 Å². The molecule has 1 aromatic carbocycles. The van der Waals surface area contributed by atoms with Crippen LogP contribution in [0.15, 0.2) is 18.2 Å². The van der Waals surface area contributed by atoms with Gasteiger partial charge in [0.15, 0.2) is 0 Å². The van der Waals surface area contributed by atoms with Gasteiger partial charge < -0.3 is 10.1 Å². The Morgan fingerprint density at radius 3 is 3.06 bits per heavy atom. The van der Waals surface area contributed by atoms with E-state index >= 15 is 0 Å². The van der Waals surface area contributed by atoms with Gasteiger partial charge in [-0.1, -0.05) is 23.7 Å². The summed E-state index contributed by atoms with van der Waals surface area (Å²) in [6.07, 6.45) is 3.67. The topological polar surface area (TPSA) is 21.3 Å². The van der Waals surface area contributed by atoms with Gasteiger partial charge in [0.25, 0.3) is 0 Å². The summed E-state index contributed by atoms with van der Waals surface area (Å²) in [5.41, 5.74) is 1.29. The minimum atomic E-state index is 0.574. The summed E-state index contributed by atoms with van der Waals surface area (Å²) in [5.74, 6) is 1.49. The lowest BCUT2D eigenvalue weighted by atomic mass is 9.86. The molecule has 2 unspecified atom stereocenters. The van der Waals surface area contributed by atoms with Crippen molar-refractivity contribution in [3.05, 3.63) is 28.8 Å². The predicted octanol–water partition coefficient (Wildman–Crippen LogP) is 2.96. The smallest absolute Gasteiger partial charge is 0.141 e. The normalized spacial score (nSPS) is 28.6. The van der Waals surface area contributed by atoms with Crippen molar-refractivity contribution in [2.45, 2.75) is 31.2 Å². The molecule has 3 heteroatoms. The number of nitrogens with one attached hydrogen (secondary N) is 1. The van der Waals surface area contributed by atoms with Gasteiger partial charge >= 0.3 is 0 Å². The largest absolute Gasteiger partial charge is 0.492 e. The van der Waals surface area contributed by atoms with Crippen molar-refractivity contribution in [2.75, 3.05) is 13.2 Å². The van der Waals surface area contributed by atoms with Crippen LogP contribution >= 0.6 is 11.6 Å². The average Bonchev–Trinajstić information content (AvgIpc) is 2.82. The van der Waals surface area contributed by atoms with E-state index in [4.69, 9.17) is 16.3 Å². The number of rotatable bonds is 1. The highest BCUT2D eigenvalue weighted by Crippen LogP contribution is 2.41. The lowest BCUT2D eigenvalue weighted by Crippen LogP contribution is -2.32. The van der Waals surface area contributed by atoms with Gasteiger partial charge in [0.2, 0.25) is 0 Å². The number of benzene rings is 1. The second-order valence-electron chi connectivity index (χ2n) is 4.60. The van der Waals surface area contributed by atoms with Crippen LogP contribution in [0.4, 0.5) is 0 Å². The number of ether oxygens (including phenoxy) is 1. The molecule has 2 heterocycles. The lowest BCUT2D eigenvalue weighted by molar-refractivity contribution is 0.250. The average molecular weight is 238 g/mol. The Labute approximate surface area is 101 Å². The molecule has 2 aliphatic rings. The van der Waals surface area contributed by atoms with Crippen molar-refractivity contribution in [2.24, 2.45) is 0 Å². The lowest BCUT2D eigenvalue weighted by Gasteiger charge is -2.30. The van der Waals surface area contributed by atoms with Crippen LogP contribution in [0, 0.1) is 0 Å². The van der Waals surface area contributed by atoms with E-state index in [2.05, 4.69) is 11.4 Å². The predicted molar refractivity (Wildman–Crippen MR) is 65.3 cm³/mol. The quantitative estimate of drug-likeness (QED) is 0.811. The van der Waals surface area contributed by atoms with Crippen LogP contribution in [0.2, 0.25) is 5.02 Å². The van der Waals surface area contributed by atoms with E-state index in [1.54, 1.807) is 0 Å². The molecule has 2 nitrogen and oxygen atoms in total. The van der Waals surface area contributed by atoms with Crippen molar-refractivity contribution in [1.29, 1.82) is 0 Å². The van der Waals surface area contributed by atoms with Crippen molar-refractivity contribution < 1.29 is 4.74 Å². The molecule has 1 N–H and O–H groups in total. The van der Waals surface area contributed by atoms with Crippen LogP contribution in [0.5, 0.6) is 5.75 Å². The van der Waals surface area contributed by atoms with Gasteiger partial charge in [0.1, 0.15) is 5.75 Å². The molecule has 0 aromatic heterocycles. The van der Waals surface area contributed by atoms with Gasteiger partial charge in [-0.05, 0) is 31.9 Å². The maximum Gasteiger partial charge on any atom is 0.141 e. The molecule has 86 valence electrons. The minimum absolute atomic E-state index is 0.574. The first-order valence-electron chi connectivity index (χ1n) is 6.01. The molecular weight excluding hydrogens is 222 g/mol. The maximum absolute atomic E-state index is 6.17. The van der Waals surface area contributed by atoms with Crippen LogP contribution in [0.25, 0.3) is 0 Å². The van der Waals surface area contributed by atoms with Gasteiger partial charge in [-0.2, -0.15) is 0 Å². The molecule has 16 heavy (non-hydrogen) atoms. The Balaban J connectivity index is 1.96. The first-order chi connectivity index (χ1) is 7.86. The first-order valence-corrected chi connectivity index (χ1v) is 6.38. The number of hydrogen-bond donors (Lipinski definition) is 1. The summed E-state index contributed by atoms with van der Waals surface area (Å²) in [7, 11) is 0. The highest BCUT2D eigenvalue weighted by molar-refractivity contribution is 6.32. The van der Waals surface area contributed by atoms with Crippen LogP contribution in [0.1, 0.15) is 30.7 Å². The molecule has 3 rings (SSSR count). The third kappa shape index (κ3) is 1.70. The van der Waals surface area contributed by atoms with E-state index < -0.39 is 0 Å². The summed E-state index contributed by atoms with van der Waals surface area (Å²) in [6.45, 7) is 1.94. The van der Waals surface area contributed by atoms with Crippen molar-refractivity contribution >= 4 is 11.6 Å². The molecule has 2 aliphatic heterocycles. The van der Waals surface area contributed by atoms with Crippen LogP contribution < -0.4 is 10.1 Å². The number of fused-ring (bicyclic) bond motifs is 1. The molecule has 0 amide bonds. The van der Waals surface area contributed by atoms with Crippen molar-refractivity contribution in [1.82, 2.24) is 5.32 Å². The van der Waals surface area contributed by atoms with Crippen molar-refractivity contribution in [3.8, 4) is 5.75 Å². The fourth-order valence-corrected chi connectivity index (χ4v) is 3.12. The van der Waals surface area contributed by atoms with Gasteiger partial charge in [0.05, 0.1) is 11.6 Å². The Morgan fingerprint density at radius 1 is 1.31 bits per heavy atom. The molecule has 2 atom stereocenters. The first kappa shape index (κ1) is 10.4. The molecule has 0 aliphatic carbocycles. The minimum Gasteiger partial charge on any atom is -0.492 e. The number of hydrogen-bond acceptors (Lipinski definition) is 2. The summed E-state index contributed by atoms with van der Waals surface area (Å²) < 4.78 is 5.68. The number of halogens is 1.